The molecule has 2 N–H and O–H groups in total. The van der Waals surface area contributed by atoms with Crippen LogP contribution in [0.4, 0.5) is 22.8 Å². The Labute approximate surface area is 129 Å². The van der Waals surface area contributed by atoms with E-state index in [0.29, 0.717) is 10.5 Å². The van der Waals surface area contributed by atoms with Gasteiger partial charge in [-0.25, -0.2) is 9.59 Å². The first-order chi connectivity index (χ1) is 10.8. The number of ether oxygens (including phenoxy) is 1. The predicted molar refractivity (Wildman–Crippen MR) is 72.7 cm³/mol. The quantitative estimate of drug-likeness (QED) is 0.891. The minimum Gasteiger partial charge on any atom is -0.465 e. The summed E-state index contributed by atoms with van der Waals surface area (Å²) in [6, 6.07) is 7.28. The van der Waals surface area contributed by atoms with Gasteiger partial charge < -0.3 is 20.1 Å². The van der Waals surface area contributed by atoms with Crippen LogP contribution in [0.3, 0.4) is 0 Å². The highest BCUT2D eigenvalue weighted by Crippen LogP contribution is 2.33. The summed E-state index contributed by atoms with van der Waals surface area (Å²) in [4.78, 5) is 23.1. The van der Waals surface area contributed by atoms with Crippen LogP contribution in [0.5, 0.6) is 0 Å². The second-order valence-corrected chi connectivity index (χ2v) is 5.15. The van der Waals surface area contributed by atoms with E-state index in [1.807, 2.05) is 0 Å². The van der Waals surface area contributed by atoms with Gasteiger partial charge in [-0.3, -0.25) is 0 Å². The molecule has 2 amide bonds. The number of alkyl halides is 3. The smallest absolute Gasteiger partial charge is 0.407 e. The third kappa shape index (κ3) is 4.51. The van der Waals surface area contributed by atoms with Gasteiger partial charge in [0.15, 0.2) is 0 Å². The number of benzene rings is 1. The lowest BCUT2D eigenvalue weighted by molar-refractivity contribution is -0.174. The van der Waals surface area contributed by atoms with E-state index in [-0.39, 0.29) is 6.61 Å². The maximum absolute atomic E-state index is 12.9. The van der Waals surface area contributed by atoms with Crippen molar-refractivity contribution in [2.45, 2.75) is 18.8 Å². The topological polar surface area (TPSA) is 78.9 Å². The van der Waals surface area contributed by atoms with Crippen molar-refractivity contribution in [3.05, 3.63) is 35.9 Å². The standard InChI is InChI=1S/C14H15F3N2O4/c15-14(16,17)10-6-19(13(21)22)7-11(10)18-12(20)23-8-9-4-2-1-3-5-9/h1-5,10-11H,6-8H2,(H,18,20)(H,21,22). The first-order valence-electron chi connectivity index (χ1n) is 6.79. The molecule has 0 saturated carbocycles. The molecule has 1 saturated heterocycles. The molecule has 1 aliphatic rings. The number of rotatable bonds is 3. The van der Waals surface area contributed by atoms with E-state index in [4.69, 9.17) is 9.84 Å². The average molecular weight is 332 g/mol. The molecule has 0 radical (unpaired) electrons. The van der Waals surface area contributed by atoms with Crippen LogP contribution in [0, 0.1) is 5.92 Å². The number of likely N-dealkylation sites (tertiary alicyclic amines) is 1. The van der Waals surface area contributed by atoms with Crippen LogP contribution in [0.25, 0.3) is 0 Å². The zero-order valence-corrected chi connectivity index (χ0v) is 11.9. The number of amides is 2. The number of carboxylic acid groups (broad SMARTS) is 1. The number of carbonyl (C=O) groups excluding carboxylic acids is 1. The Balaban J connectivity index is 1.93. The third-order valence-corrected chi connectivity index (χ3v) is 3.53. The number of nitrogens with one attached hydrogen (secondary N) is 1. The van der Waals surface area contributed by atoms with Gasteiger partial charge in [0.2, 0.25) is 0 Å². The van der Waals surface area contributed by atoms with Gasteiger partial charge in [-0.1, -0.05) is 30.3 Å². The van der Waals surface area contributed by atoms with Crippen molar-refractivity contribution in [1.29, 1.82) is 0 Å². The van der Waals surface area contributed by atoms with Crippen LogP contribution >= 0.6 is 0 Å². The second kappa shape index (κ2) is 6.76. The molecule has 9 heteroatoms. The Kier molecular flexibility index (Phi) is 4.97. The van der Waals surface area contributed by atoms with Gasteiger partial charge in [0.25, 0.3) is 0 Å². The molecular formula is C14H15F3N2O4. The normalized spacial score (nSPS) is 21.1. The molecule has 2 unspecified atom stereocenters. The maximum Gasteiger partial charge on any atom is 0.407 e. The summed E-state index contributed by atoms with van der Waals surface area (Å²) in [5, 5.41) is 10.9. The van der Waals surface area contributed by atoms with Crippen LogP contribution in [0.2, 0.25) is 0 Å². The van der Waals surface area contributed by atoms with Gasteiger partial charge in [-0.2, -0.15) is 13.2 Å². The lowest BCUT2D eigenvalue weighted by atomic mass is 10.0. The fourth-order valence-electron chi connectivity index (χ4n) is 2.35. The van der Waals surface area contributed by atoms with Gasteiger partial charge in [-0.15, -0.1) is 0 Å². The van der Waals surface area contributed by atoms with Crippen LogP contribution in [0.1, 0.15) is 5.56 Å². The molecule has 1 fully saturated rings. The van der Waals surface area contributed by atoms with E-state index < -0.39 is 43.4 Å². The van der Waals surface area contributed by atoms with Gasteiger partial charge in [0.1, 0.15) is 6.61 Å². The van der Waals surface area contributed by atoms with E-state index in [1.54, 1.807) is 30.3 Å². The lowest BCUT2D eigenvalue weighted by Gasteiger charge is -2.21. The van der Waals surface area contributed by atoms with Crippen molar-refractivity contribution >= 4 is 12.2 Å². The van der Waals surface area contributed by atoms with Gasteiger partial charge >= 0.3 is 18.4 Å². The van der Waals surface area contributed by atoms with Crippen molar-refractivity contribution in [2.24, 2.45) is 5.92 Å². The summed E-state index contributed by atoms with van der Waals surface area (Å²) < 4.78 is 43.7. The Morgan fingerprint density at radius 1 is 1.26 bits per heavy atom. The van der Waals surface area contributed by atoms with Gasteiger partial charge in [-0.05, 0) is 5.56 Å². The molecule has 0 aromatic heterocycles. The number of halogens is 3. The highest BCUT2D eigenvalue weighted by molar-refractivity contribution is 5.69. The van der Waals surface area contributed by atoms with Crippen LogP contribution < -0.4 is 5.32 Å². The van der Waals surface area contributed by atoms with E-state index >= 15 is 0 Å². The molecule has 0 bridgehead atoms. The van der Waals surface area contributed by atoms with E-state index in [0.717, 1.165) is 0 Å². The molecule has 1 heterocycles. The Hall–Kier alpha value is -2.45. The first kappa shape index (κ1) is 16.9. The number of hydrogen-bond acceptors (Lipinski definition) is 3. The Morgan fingerprint density at radius 2 is 1.91 bits per heavy atom. The SMILES string of the molecule is O=C(NC1CN(C(=O)O)CC1C(F)(F)F)OCc1ccccc1. The second-order valence-electron chi connectivity index (χ2n) is 5.15. The Bertz CT molecular complexity index is 565. The number of hydrogen-bond donors (Lipinski definition) is 2. The van der Waals surface area contributed by atoms with E-state index in [2.05, 4.69) is 5.32 Å². The zero-order chi connectivity index (χ0) is 17.0. The van der Waals surface area contributed by atoms with Crippen molar-refractivity contribution in [2.75, 3.05) is 13.1 Å². The summed E-state index contributed by atoms with van der Waals surface area (Å²) in [5.74, 6) is -1.96. The zero-order valence-electron chi connectivity index (χ0n) is 11.9. The number of carbonyl (C=O) groups is 2. The minimum atomic E-state index is -4.61. The maximum atomic E-state index is 12.9. The van der Waals surface area contributed by atoms with Crippen molar-refractivity contribution < 1.29 is 32.6 Å². The Morgan fingerprint density at radius 3 is 2.48 bits per heavy atom. The average Bonchev–Trinajstić information content (AvgIpc) is 2.90. The molecule has 126 valence electrons. The highest BCUT2D eigenvalue weighted by atomic mass is 19.4. The third-order valence-electron chi connectivity index (χ3n) is 3.53. The minimum absolute atomic E-state index is 0.0846. The molecular weight excluding hydrogens is 317 g/mol. The number of alkyl carbamates (subject to hydrolysis) is 1. The summed E-state index contributed by atoms with van der Waals surface area (Å²) >= 11 is 0. The largest absolute Gasteiger partial charge is 0.465 e. The molecule has 2 rings (SSSR count). The molecule has 1 aromatic rings. The molecule has 0 aliphatic carbocycles. The van der Waals surface area contributed by atoms with Gasteiger partial charge in [0, 0.05) is 13.1 Å². The van der Waals surface area contributed by atoms with E-state index in [9.17, 15) is 22.8 Å². The van der Waals surface area contributed by atoms with Gasteiger partial charge in [0.05, 0.1) is 12.0 Å². The first-order valence-corrected chi connectivity index (χ1v) is 6.79. The van der Waals surface area contributed by atoms with Crippen LogP contribution in [-0.4, -0.2) is 47.5 Å². The molecule has 1 aliphatic heterocycles. The van der Waals surface area contributed by atoms with E-state index in [1.165, 1.54) is 0 Å². The van der Waals surface area contributed by atoms with Crippen molar-refractivity contribution in [3.63, 3.8) is 0 Å². The monoisotopic (exact) mass is 332 g/mol. The summed E-state index contributed by atoms with van der Waals surface area (Å²) in [5.41, 5.74) is 0.689. The predicted octanol–water partition coefficient (Wildman–Crippen LogP) is 2.45. The van der Waals surface area contributed by atoms with Crippen molar-refractivity contribution in [1.82, 2.24) is 10.2 Å². The molecule has 1 aromatic carbocycles. The van der Waals surface area contributed by atoms with Crippen LogP contribution in [-0.2, 0) is 11.3 Å². The molecule has 23 heavy (non-hydrogen) atoms. The lowest BCUT2D eigenvalue weighted by Crippen LogP contribution is -2.45. The van der Waals surface area contributed by atoms with Crippen molar-refractivity contribution in [3.8, 4) is 0 Å². The summed E-state index contributed by atoms with van der Waals surface area (Å²) in [6.45, 7) is -1.22. The summed E-state index contributed by atoms with van der Waals surface area (Å²) in [7, 11) is 0. The molecule has 2 atom stereocenters. The highest BCUT2D eigenvalue weighted by Gasteiger charge is 2.51. The molecule has 6 nitrogen and oxygen atoms in total. The number of nitrogens with zero attached hydrogens (tertiary/aromatic N) is 1. The summed E-state index contributed by atoms with van der Waals surface area (Å²) in [6.07, 6.45) is -7.08. The fourth-order valence-corrected chi connectivity index (χ4v) is 2.35. The molecule has 0 spiro atoms. The van der Waals surface area contributed by atoms with Crippen LogP contribution in [0.15, 0.2) is 30.3 Å². The fraction of sp³-hybridized carbons (Fsp3) is 0.429.